The van der Waals surface area contributed by atoms with E-state index < -0.39 is 0 Å². The standard InChI is InChI=1S/C13H25N5/c1-5-17(6-2)13(14)16-9-12-15-7-8-18(12)10-11(3)4/h7-8,11H,5-6,9-10H2,1-4H3,(H2,14,16). The maximum absolute atomic E-state index is 5.95. The van der Waals surface area contributed by atoms with Crippen molar-refractivity contribution in [1.29, 1.82) is 0 Å². The molecule has 0 aliphatic rings. The van der Waals surface area contributed by atoms with E-state index in [1.165, 1.54) is 0 Å². The fraction of sp³-hybridized carbons (Fsp3) is 0.692. The number of nitrogens with two attached hydrogens (primary N) is 1. The van der Waals surface area contributed by atoms with Gasteiger partial charge >= 0.3 is 0 Å². The summed E-state index contributed by atoms with van der Waals surface area (Å²) in [6.07, 6.45) is 3.82. The third-order valence-electron chi connectivity index (χ3n) is 2.83. The lowest BCUT2D eigenvalue weighted by atomic mass is 10.2. The first-order valence-corrected chi connectivity index (χ1v) is 6.63. The molecule has 0 amide bonds. The second-order valence-electron chi connectivity index (χ2n) is 4.74. The van der Waals surface area contributed by atoms with Crippen molar-refractivity contribution >= 4 is 5.96 Å². The van der Waals surface area contributed by atoms with Crippen molar-refractivity contribution in [2.75, 3.05) is 13.1 Å². The lowest BCUT2D eigenvalue weighted by Gasteiger charge is -2.19. The van der Waals surface area contributed by atoms with Crippen molar-refractivity contribution in [3.8, 4) is 0 Å². The van der Waals surface area contributed by atoms with Crippen LogP contribution in [0.25, 0.3) is 0 Å². The molecule has 0 unspecified atom stereocenters. The number of aliphatic imine (C=N–C) groups is 1. The van der Waals surface area contributed by atoms with E-state index in [0.29, 0.717) is 18.4 Å². The van der Waals surface area contributed by atoms with Crippen LogP contribution in [0.15, 0.2) is 17.4 Å². The molecule has 0 fully saturated rings. The maximum Gasteiger partial charge on any atom is 0.191 e. The molecule has 18 heavy (non-hydrogen) atoms. The predicted octanol–water partition coefficient (Wildman–Crippen LogP) is 1.70. The van der Waals surface area contributed by atoms with Gasteiger partial charge in [-0.3, -0.25) is 0 Å². The van der Waals surface area contributed by atoms with Gasteiger partial charge in [-0.1, -0.05) is 13.8 Å². The highest BCUT2D eigenvalue weighted by molar-refractivity contribution is 5.77. The van der Waals surface area contributed by atoms with Gasteiger partial charge in [0.2, 0.25) is 0 Å². The molecule has 0 spiro atoms. The Labute approximate surface area is 110 Å². The highest BCUT2D eigenvalue weighted by atomic mass is 15.2. The molecular formula is C13H25N5. The molecule has 102 valence electrons. The van der Waals surface area contributed by atoms with Gasteiger partial charge < -0.3 is 15.2 Å². The first kappa shape index (κ1) is 14.5. The van der Waals surface area contributed by atoms with E-state index >= 15 is 0 Å². The molecule has 2 N–H and O–H groups in total. The Hall–Kier alpha value is -1.52. The highest BCUT2D eigenvalue weighted by Crippen LogP contribution is 2.05. The Bertz CT molecular complexity index is 376. The molecule has 1 rings (SSSR count). The smallest absolute Gasteiger partial charge is 0.191 e. The summed E-state index contributed by atoms with van der Waals surface area (Å²) in [5.74, 6) is 2.17. The summed E-state index contributed by atoms with van der Waals surface area (Å²) in [4.78, 5) is 10.8. The molecule has 1 heterocycles. The summed E-state index contributed by atoms with van der Waals surface area (Å²) in [6.45, 7) is 11.8. The Balaban J connectivity index is 2.67. The Kier molecular flexibility index (Phi) is 5.68. The second kappa shape index (κ2) is 7.03. The van der Waals surface area contributed by atoms with Crippen LogP contribution >= 0.6 is 0 Å². The minimum Gasteiger partial charge on any atom is -0.370 e. The molecule has 1 aromatic heterocycles. The Morgan fingerprint density at radius 1 is 1.44 bits per heavy atom. The number of nitrogens with zero attached hydrogens (tertiary/aromatic N) is 4. The van der Waals surface area contributed by atoms with Gasteiger partial charge in [0.25, 0.3) is 0 Å². The van der Waals surface area contributed by atoms with E-state index in [2.05, 4.69) is 42.2 Å². The predicted molar refractivity (Wildman–Crippen MR) is 75.3 cm³/mol. The quantitative estimate of drug-likeness (QED) is 0.618. The summed E-state index contributed by atoms with van der Waals surface area (Å²) in [5.41, 5.74) is 5.95. The van der Waals surface area contributed by atoms with Crippen molar-refractivity contribution in [3.05, 3.63) is 18.2 Å². The molecule has 5 heteroatoms. The van der Waals surface area contributed by atoms with Crippen molar-refractivity contribution in [1.82, 2.24) is 14.5 Å². The molecule has 0 saturated heterocycles. The fourth-order valence-corrected chi connectivity index (χ4v) is 1.85. The van der Waals surface area contributed by atoms with Gasteiger partial charge in [-0.2, -0.15) is 0 Å². The van der Waals surface area contributed by atoms with E-state index in [1.807, 2.05) is 17.3 Å². The molecule has 0 bridgehead atoms. The molecule has 0 aromatic carbocycles. The molecular weight excluding hydrogens is 226 g/mol. The van der Waals surface area contributed by atoms with Gasteiger partial charge in [0.1, 0.15) is 12.4 Å². The molecule has 0 aliphatic heterocycles. The van der Waals surface area contributed by atoms with Crippen molar-refractivity contribution < 1.29 is 0 Å². The van der Waals surface area contributed by atoms with Crippen LogP contribution in [0.1, 0.15) is 33.5 Å². The molecule has 0 saturated carbocycles. The van der Waals surface area contributed by atoms with Gasteiger partial charge in [0.05, 0.1) is 0 Å². The maximum atomic E-state index is 5.95. The van der Waals surface area contributed by atoms with Crippen LogP contribution in [-0.2, 0) is 13.1 Å². The summed E-state index contributed by atoms with van der Waals surface area (Å²) < 4.78 is 2.14. The number of hydrogen-bond donors (Lipinski definition) is 1. The molecule has 0 aliphatic carbocycles. The number of hydrogen-bond acceptors (Lipinski definition) is 2. The minimum absolute atomic E-state index is 0.544. The lowest BCUT2D eigenvalue weighted by Crippen LogP contribution is -2.37. The Morgan fingerprint density at radius 3 is 2.67 bits per heavy atom. The number of guanidine groups is 1. The van der Waals surface area contributed by atoms with E-state index in [9.17, 15) is 0 Å². The van der Waals surface area contributed by atoms with Gasteiger partial charge in [-0.05, 0) is 19.8 Å². The summed E-state index contributed by atoms with van der Waals surface area (Å²) in [5, 5.41) is 0. The van der Waals surface area contributed by atoms with Crippen LogP contribution in [0.2, 0.25) is 0 Å². The summed E-state index contributed by atoms with van der Waals surface area (Å²) >= 11 is 0. The van der Waals surface area contributed by atoms with Crippen LogP contribution in [0, 0.1) is 5.92 Å². The van der Waals surface area contributed by atoms with Crippen molar-refractivity contribution in [2.24, 2.45) is 16.6 Å². The first-order valence-electron chi connectivity index (χ1n) is 6.63. The van der Waals surface area contributed by atoms with E-state index in [1.54, 1.807) is 0 Å². The minimum atomic E-state index is 0.544. The zero-order chi connectivity index (χ0) is 13.5. The molecule has 5 nitrogen and oxygen atoms in total. The monoisotopic (exact) mass is 251 g/mol. The van der Waals surface area contributed by atoms with Crippen LogP contribution in [0.4, 0.5) is 0 Å². The highest BCUT2D eigenvalue weighted by Gasteiger charge is 2.06. The lowest BCUT2D eigenvalue weighted by molar-refractivity contribution is 0.456. The molecule has 0 radical (unpaired) electrons. The largest absolute Gasteiger partial charge is 0.370 e. The topological polar surface area (TPSA) is 59.4 Å². The Morgan fingerprint density at radius 2 is 2.11 bits per heavy atom. The molecule has 0 atom stereocenters. The average molecular weight is 251 g/mol. The zero-order valence-electron chi connectivity index (χ0n) is 11.9. The third kappa shape index (κ3) is 4.05. The van der Waals surface area contributed by atoms with Crippen molar-refractivity contribution in [3.63, 3.8) is 0 Å². The summed E-state index contributed by atoms with van der Waals surface area (Å²) in [7, 11) is 0. The number of aromatic nitrogens is 2. The van der Waals surface area contributed by atoms with E-state index in [0.717, 1.165) is 25.5 Å². The molecule has 1 aromatic rings. The first-order chi connectivity index (χ1) is 8.58. The zero-order valence-corrected chi connectivity index (χ0v) is 11.9. The van der Waals surface area contributed by atoms with Crippen LogP contribution in [-0.4, -0.2) is 33.5 Å². The van der Waals surface area contributed by atoms with Crippen LogP contribution in [0.5, 0.6) is 0 Å². The average Bonchev–Trinajstić information content (AvgIpc) is 2.74. The second-order valence-corrected chi connectivity index (χ2v) is 4.74. The van der Waals surface area contributed by atoms with Crippen molar-refractivity contribution in [2.45, 2.75) is 40.8 Å². The number of rotatable bonds is 6. The number of imidazole rings is 1. The SMILES string of the molecule is CCN(CC)C(N)=NCc1nccn1CC(C)C. The van der Waals surface area contributed by atoms with Gasteiger partial charge in [0.15, 0.2) is 5.96 Å². The van der Waals surface area contributed by atoms with Gasteiger partial charge in [-0.25, -0.2) is 9.98 Å². The summed E-state index contributed by atoms with van der Waals surface area (Å²) in [6, 6.07) is 0. The van der Waals surface area contributed by atoms with E-state index in [4.69, 9.17) is 5.73 Å². The fourth-order valence-electron chi connectivity index (χ4n) is 1.85. The van der Waals surface area contributed by atoms with Gasteiger partial charge in [0, 0.05) is 32.0 Å². The van der Waals surface area contributed by atoms with Crippen LogP contribution < -0.4 is 5.73 Å². The third-order valence-corrected chi connectivity index (χ3v) is 2.83. The van der Waals surface area contributed by atoms with Crippen LogP contribution in [0.3, 0.4) is 0 Å². The normalized spacial score (nSPS) is 12.2. The van der Waals surface area contributed by atoms with Gasteiger partial charge in [-0.15, -0.1) is 0 Å². The van der Waals surface area contributed by atoms with E-state index in [-0.39, 0.29) is 0 Å².